The molecule has 4 nitrogen and oxygen atoms in total. The van der Waals surface area contributed by atoms with Crippen molar-refractivity contribution in [1.82, 2.24) is 5.32 Å². The molecule has 0 unspecified atom stereocenters. The van der Waals surface area contributed by atoms with Gasteiger partial charge in [0.15, 0.2) is 0 Å². The van der Waals surface area contributed by atoms with Crippen LogP contribution in [0.2, 0.25) is 0 Å². The van der Waals surface area contributed by atoms with E-state index in [1.807, 2.05) is 19.1 Å². The Balaban J connectivity index is 2.04. The summed E-state index contributed by atoms with van der Waals surface area (Å²) >= 11 is 3.41. The van der Waals surface area contributed by atoms with Gasteiger partial charge in [-0.3, -0.25) is 4.79 Å². The Morgan fingerprint density at radius 2 is 1.81 bits per heavy atom. The van der Waals surface area contributed by atoms with E-state index >= 15 is 0 Å². The molecular weight excluding hydrogens is 334 g/mol. The van der Waals surface area contributed by atoms with Crippen LogP contribution in [0.4, 0.5) is 0 Å². The number of amides is 1. The van der Waals surface area contributed by atoms with Crippen LogP contribution in [0.15, 0.2) is 46.9 Å². The maximum atomic E-state index is 12.1. The SMILES string of the molecule is Cc1cccc(C(=O)NCc2ccc(C(=O)O)cc2)c1Br. The number of nitrogens with one attached hydrogen (secondary N) is 1. The molecule has 0 aliphatic heterocycles. The van der Waals surface area contributed by atoms with Crippen LogP contribution in [0.3, 0.4) is 0 Å². The molecule has 0 spiro atoms. The first-order valence-corrected chi connectivity index (χ1v) is 7.14. The third-order valence-corrected chi connectivity index (χ3v) is 4.14. The van der Waals surface area contributed by atoms with Crippen LogP contribution in [0.1, 0.15) is 31.8 Å². The van der Waals surface area contributed by atoms with Gasteiger partial charge in [0.05, 0.1) is 11.1 Å². The van der Waals surface area contributed by atoms with Crippen LogP contribution >= 0.6 is 15.9 Å². The van der Waals surface area contributed by atoms with E-state index < -0.39 is 5.97 Å². The normalized spacial score (nSPS) is 10.2. The van der Waals surface area contributed by atoms with Crippen molar-refractivity contribution >= 4 is 27.8 Å². The van der Waals surface area contributed by atoms with Crippen molar-refractivity contribution < 1.29 is 14.7 Å². The molecule has 1 amide bonds. The lowest BCUT2D eigenvalue weighted by Crippen LogP contribution is -2.23. The Morgan fingerprint density at radius 3 is 2.43 bits per heavy atom. The van der Waals surface area contributed by atoms with Crippen LogP contribution in [-0.2, 0) is 6.54 Å². The summed E-state index contributed by atoms with van der Waals surface area (Å²) in [7, 11) is 0. The van der Waals surface area contributed by atoms with Crippen molar-refractivity contribution in [2.24, 2.45) is 0 Å². The number of hydrogen-bond acceptors (Lipinski definition) is 2. The van der Waals surface area contributed by atoms with E-state index in [9.17, 15) is 9.59 Å². The zero-order chi connectivity index (χ0) is 15.4. The molecule has 0 radical (unpaired) electrons. The highest BCUT2D eigenvalue weighted by Gasteiger charge is 2.11. The van der Waals surface area contributed by atoms with E-state index in [1.165, 1.54) is 12.1 Å². The van der Waals surface area contributed by atoms with E-state index in [2.05, 4.69) is 21.2 Å². The first kappa shape index (κ1) is 15.3. The predicted molar refractivity (Wildman–Crippen MR) is 83.5 cm³/mol. The topological polar surface area (TPSA) is 66.4 Å². The zero-order valence-corrected chi connectivity index (χ0v) is 13.0. The Hall–Kier alpha value is -2.14. The lowest BCUT2D eigenvalue weighted by molar-refractivity contribution is 0.0696. The number of hydrogen-bond donors (Lipinski definition) is 2. The maximum Gasteiger partial charge on any atom is 0.335 e. The van der Waals surface area contributed by atoms with Crippen molar-refractivity contribution in [3.05, 3.63) is 69.2 Å². The van der Waals surface area contributed by atoms with Crippen LogP contribution in [0.25, 0.3) is 0 Å². The molecule has 2 N–H and O–H groups in total. The molecule has 0 atom stereocenters. The fourth-order valence-electron chi connectivity index (χ4n) is 1.87. The van der Waals surface area contributed by atoms with Gasteiger partial charge < -0.3 is 10.4 Å². The standard InChI is InChI=1S/C16H14BrNO3/c1-10-3-2-4-13(14(10)17)15(19)18-9-11-5-7-12(8-6-11)16(20)21/h2-8H,9H2,1H3,(H,18,19)(H,20,21). The molecule has 0 heterocycles. The fraction of sp³-hybridized carbons (Fsp3) is 0.125. The van der Waals surface area contributed by atoms with Crippen molar-refractivity contribution in [3.8, 4) is 0 Å². The predicted octanol–water partition coefficient (Wildman–Crippen LogP) is 3.39. The van der Waals surface area contributed by atoms with E-state index in [1.54, 1.807) is 18.2 Å². The number of carbonyl (C=O) groups is 2. The van der Waals surface area contributed by atoms with Crippen LogP contribution < -0.4 is 5.32 Å². The average molecular weight is 348 g/mol. The second kappa shape index (κ2) is 6.54. The summed E-state index contributed by atoms with van der Waals surface area (Å²) in [5.41, 5.74) is 2.65. The molecule has 21 heavy (non-hydrogen) atoms. The van der Waals surface area contributed by atoms with Crippen molar-refractivity contribution in [2.75, 3.05) is 0 Å². The number of benzene rings is 2. The Labute approximate surface area is 130 Å². The number of carboxylic acid groups (broad SMARTS) is 1. The van der Waals surface area contributed by atoms with Crippen LogP contribution in [-0.4, -0.2) is 17.0 Å². The minimum atomic E-state index is -0.964. The van der Waals surface area contributed by atoms with Crippen LogP contribution in [0, 0.1) is 6.92 Å². The Morgan fingerprint density at radius 1 is 1.14 bits per heavy atom. The summed E-state index contributed by atoms with van der Waals surface area (Å²) in [6.07, 6.45) is 0. The number of aromatic carboxylic acids is 1. The molecule has 0 aliphatic rings. The summed E-state index contributed by atoms with van der Waals surface area (Å²) < 4.78 is 0.781. The number of rotatable bonds is 4. The smallest absolute Gasteiger partial charge is 0.335 e. The zero-order valence-electron chi connectivity index (χ0n) is 11.4. The van der Waals surface area contributed by atoms with Gasteiger partial charge in [-0.05, 0) is 52.2 Å². The molecule has 2 aromatic carbocycles. The summed E-state index contributed by atoms with van der Waals surface area (Å²) in [6.45, 7) is 2.27. The minimum Gasteiger partial charge on any atom is -0.478 e. The van der Waals surface area contributed by atoms with E-state index in [-0.39, 0.29) is 11.5 Å². The summed E-state index contributed by atoms with van der Waals surface area (Å²) in [6, 6.07) is 11.9. The van der Waals surface area contributed by atoms with Gasteiger partial charge in [0.2, 0.25) is 0 Å². The van der Waals surface area contributed by atoms with Gasteiger partial charge in [-0.1, -0.05) is 24.3 Å². The molecule has 2 aromatic rings. The quantitative estimate of drug-likeness (QED) is 0.890. The highest BCUT2D eigenvalue weighted by molar-refractivity contribution is 9.10. The Kier molecular flexibility index (Phi) is 4.75. The molecule has 0 saturated heterocycles. The lowest BCUT2D eigenvalue weighted by atomic mass is 10.1. The van der Waals surface area contributed by atoms with Crippen LogP contribution in [0.5, 0.6) is 0 Å². The molecule has 0 aliphatic carbocycles. The van der Waals surface area contributed by atoms with Crippen molar-refractivity contribution in [3.63, 3.8) is 0 Å². The highest BCUT2D eigenvalue weighted by atomic mass is 79.9. The maximum absolute atomic E-state index is 12.1. The van der Waals surface area contributed by atoms with Gasteiger partial charge in [-0.15, -0.1) is 0 Å². The highest BCUT2D eigenvalue weighted by Crippen LogP contribution is 2.20. The van der Waals surface area contributed by atoms with Gasteiger partial charge in [-0.25, -0.2) is 4.79 Å². The monoisotopic (exact) mass is 347 g/mol. The minimum absolute atomic E-state index is 0.173. The van der Waals surface area contributed by atoms with Gasteiger partial charge in [0.1, 0.15) is 0 Å². The molecule has 0 fully saturated rings. The second-order valence-corrected chi connectivity index (χ2v) is 5.41. The molecule has 0 saturated carbocycles. The number of carboxylic acids is 1. The van der Waals surface area contributed by atoms with E-state index in [0.29, 0.717) is 12.1 Å². The molecule has 108 valence electrons. The van der Waals surface area contributed by atoms with Crippen molar-refractivity contribution in [1.29, 1.82) is 0 Å². The molecule has 2 rings (SSSR count). The first-order chi connectivity index (χ1) is 9.99. The number of carbonyl (C=O) groups excluding carboxylic acids is 1. The third-order valence-electron chi connectivity index (χ3n) is 3.09. The molecule has 0 bridgehead atoms. The third kappa shape index (κ3) is 3.70. The second-order valence-electron chi connectivity index (χ2n) is 4.62. The van der Waals surface area contributed by atoms with Crippen molar-refractivity contribution in [2.45, 2.75) is 13.5 Å². The Bertz CT molecular complexity index is 680. The molecular formula is C16H14BrNO3. The van der Waals surface area contributed by atoms with E-state index in [0.717, 1.165) is 15.6 Å². The summed E-state index contributed by atoms with van der Waals surface area (Å²) in [4.78, 5) is 22.9. The van der Waals surface area contributed by atoms with E-state index in [4.69, 9.17) is 5.11 Å². The largest absolute Gasteiger partial charge is 0.478 e. The molecule has 5 heteroatoms. The first-order valence-electron chi connectivity index (χ1n) is 6.34. The van der Waals surface area contributed by atoms with Gasteiger partial charge in [-0.2, -0.15) is 0 Å². The number of halogens is 1. The van der Waals surface area contributed by atoms with Gasteiger partial charge >= 0.3 is 5.97 Å². The average Bonchev–Trinajstić information content (AvgIpc) is 2.48. The molecule has 0 aromatic heterocycles. The number of aryl methyl sites for hydroxylation is 1. The van der Waals surface area contributed by atoms with Gasteiger partial charge in [0.25, 0.3) is 5.91 Å². The summed E-state index contributed by atoms with van der Waals surface area (Å²) in [5, 5.41) is 11.6. The lowest BCUT2D eigenvalue weighted by Gasteiger charge is -2.08. The fourth-order valence-corrected chi connectivity index (χ4v) is 2.31. The summed E-state index contributed by atoms with van der Waals surface area (Å²) in [5.74, 6) is -1.14. The van der Waals surface area contributed by atoms with Gasteiger partial charge in [0, 0.05) is 11.0 Å².